The number of carbonyl (C=O) groups is 3. The van der Waals surface area contributed by atoms with Crippen LogP contribution in [0, 0.1) is 0 Å². The lowest BCUT2D eigenvalue weighted by Gasteiger charge is -2.18. The highest BCUT2D eigenvalue weighted by Crippen LogP contribution is 2.12. The summed E-state index contributed by atoms with van der Waals surface area (Å²) in [6, 6.07) is 0. The van der Waals surface area contributed by atoms with Gasteiger partial charge in [0.25, 0.3) is 0 Å². The minimum Gasteiger partial charge on any atom is -0.462 e. The molecule has 380 valence electrons. The number of hydrogen-bond acceptors (Lipinski definition) is 6. The normalized spacial score (nSPS) is 13.3. The Kier molecular flexibility index (Phi) is 51.1. The molecule has 0 heterocycles. The first-order valence-electron chi connectivity index (χ1n) is 26.8. The molecule has 68 heavy (non-hydrogen) atoms. The van der Waals surface area contributed by atoms with Crippen LogP contribution in [-0.2, 0) is 28.6 Å². The van der Waals surface area contributed by atoms with Gasteiger partial charge >= 0.3 is 17.9 Å². The highest BCUT2D eigenvalue weighted by atomic mass is 16.6. The van der Waals surface area contributed by atoms with Gasteiger partial charge in [-0.2, -0.15) is 0 Å². The third kappa shape index (κ3) is 52.3. The lowest BCUT2D eigenvalue weighted by molar-refractivity contribution is -0.166. The minimum absolute atomic E-state index is 0.0867. The molecule has 0 aromatic carbocycles. The summed E-state index contributed by atoms with van der Waals surface area (Å²) in [5, 5.41) is 0. The quantitative estimate of drug-likeness (QED) is 0.0262. The van der Waals surface area contributed by atoms with Crippen LogP contribution in [0.15, 0.2) is 146 Å². The molecule has 0 spiro atoms. The average molecular weight is 937 g/mol. The summed E-state index contributed by atoms with van der Waals surface area (Å²) >= 11 is 0. The Morgan fingerprint density at radius 2 is 0.618 bits per heavy atom. The maximum absolute atomic E-state index is 12.7. The third-order valence-corrected chi connectivity index (χ3v) is 10.6. The van der Waals surface area contributed by atoms with Gasteiger partial charge < -0.3 is 14.2 Å². The van der Waals surface area contributed by atoms with E-state index in [1.807, 2.05) is 6.08 Å². The minimum atomic E-state index is -0.843. The Morgan fingerprint density at radius 3 is 0.971 bits per heavy atom. The first-order valence-corrected chi connectivity index (χ1v) is 26.8. The van der Waals surface area contributed by atoms with Crippen molar-refractivity contribution in [2.45, 2.75) is 213 Å². The standard InChI is InChI=1S/C62H96O6/c1-4-7-10-13-16-19-21-23-25-26-27-28-29-30-31-32-33-34-35-36-38-39-41-43-46-49-52-55-61(64)67-58-59(57-66-60(63)54-51-48-45-18-15-12-9-6-3)68-62(65)56-53-50-47-44-42-40-37-24-22-20-17-14-11-8-5-2/h7-8,10-11,16-17,19-20,23-25,27-28,30-31,33-34,36-38,42,44,50,53,59H,4-6,9,12-15,18,21-22,26,29,32,35,39-41,43,45-49,51-52,54-58H2,1-3H3/b10-7-,11-8-,19-16-,20-17-,25-23-,28-27-,31-30-,34-33-,37-24-,38-36-,44-42-,53-50-. The van der Waals surface area contributed by atoms with Gasteiger partial charge in [-0.15, -0.1) is 0 Å². The van der Waals surface area contributed by atoms with Gasteiger partial charge in [0.2, 0.25) is 0 Å². The summed E-state index contributed by atoms with van der Waals surface area (Å²) in [4.78, 5) is 37.8. The Labute approximate surface area is 417 Å². The zero-order chi connectivity index (χ0) is 49.3. The molecule has 0 rings (SSSR count). The molecule has 0 aliphatic rings. The van der Waals surface area contributed by atoms with E-state index in [2.05, 4.69) is 154 Å². The van der Waals surface area contributed by atoms with Crippen molar-refractivity contribution in [3.05, 3.63) is 146 Å². The van der Waals surface area contributed by atoms with E-state index in [4.69, 9.17) is 14.2 Å². The van der Waals surface area contributed by atoms with Crippen LogP contribution in [-0.4, -0.2) is 37.2 Å². The lowest BCUT2D eigenvalue weighted by atomic mass is 10.1. The van der Waals surface area contributed by atoms with E-state index in [1.165, 1.54) is 32.1 Å². The summed E-state index contributed by atoms with van der Waals surface area (Å²) < 4.78 is 16.6. The molecule has 0 saturated carbocycles. The molecule has 0 aliphatic carbocycles. The van der Waals surface area contributed by atoms with Gasteiger partial charge in [0, 0.05) is 12.8 Å². The van der Waals surface area contributed by atoms with Crippen molar-refractivity contribution >= 4 is 17.9 Å². The molecule has 0 saturated heterocycles. The predicted molar refractivity (Wildman–Crippen MR) is 292 cm³/mol. The zero-order valence-electron chi connectivity index (χ0n) is 43.3. The van der Waals surface area contributed by atoms with Gasteiger partial charge in [-0.05, 0) is 103 Å². The maximum Gasteiger partial charge on any atom is 0.310 e. The summed E-state index contributed by atoms with van der Waals surface area (Å²) in [7, 11) is 0. The van der Waals surface area contributed by atoms with Crippen LogP contribution in [0.1, 0.15) is 207 Å². The molecule has 0 N–H and O–H groups in total. The Hall–Kier alpha value is -4.71. The van der Waals surface area contributed by atoms with Crippen LogP contribution in [0.25, 0.3) is 0 Å². The fourth-order valence-electron chi connectivity index (χ4n) is 6.67. The number of unbranched alkanes of at least 4 members (excludes halogenated alkanes) is 12. The zero-order valence-corrected chi connectivity index (χ0v) is 43.3. The number of rotatable bonds is 46. The van der Waals surface area contributed by atoms with E-state index in [1.54, 1.807) is 6.08 Å². The van der Waals surface area contributed by atoms with Gasteiger partial charge in [0.1, 0.15) is 13.2 Å². The first-order chi connectivity index (χ1) is 33.5. The predicted octanol–water partition coefficient (Wildman–Crippen LogP) is 18.0. The number of carbonyl (C=O) groups excluding carboxylic acids is 3. The summed E-state index contributed by atoms with van der Waals surface area (Å²) in [5.74, 6) is -1.09. The lowest BCUT2D eigenvalue weighted by Crippen LogP contribution is -2.30. The molecule has 0 aromatic rings. The molecule has 1 unspecified atom stereocenters. The fraction of sp³-hybridized carbons (Fsp3) is 0.565. The van der Waals surface area contributed by atoms with E-state index >= 15 is 0 Å². The Bertz CT molecular complexity index is 1540. The molecular formula is C62H96O6. The Morgan fingerprint density at radius 1 is 0.324 bits per heavy atom. The van der Waals surface area contributed by atoms with Crippen molar-refractivity contribution in [3.63, 3.8) is 0 Å². The first kappa shape index (κ1) is 63.3. The summed E-state index contributed by atoms with van der Waals surface area (Å²) in [6.45, 7) is 6.25. The van der Waals surface area contributed by atoms with Gasteiger partial charge in [-0.25, -0.2) is 0 Å². The van der Waals surface area contributed by atoms with Crippen LogP contribution in [0.4, 0.5) is 0 Å². The van der Waals surface area contributed by atoms with Crippen LogP contribution in [0.5, 0.6) is 0 Å². The van der Waals surface area contributed by atoms with Crippen molar-refractivity contribution in [1.82, 2.24) is 0 Å². The number of allylic oxidation sites excluding steroid dienone is 23. The van der Waals surface area contributed by atoms with E-state index < -0.39 is 12.1 Å². The molecule has 6 nitrogen and oxygen atoms in total. The average Bonchev–Trinajstić information content (AvgIpc) is 3.34. The molecule has 1 atom stereocenters. The highest BCUT2D eigenvalue weighted by molar-refractivity contribution is 5.72. The smallest absolute Gasteiger partial charge is 0.310 e. The molecule has 6 heteroatoms. The van der Waals surface area contributed by atoms with Gasteiger partial charge in [0.15, 0.2) is 6.10 Å². The van der Waals surface area contributed by atoms with E-state index in [-0.39, 0.29) is 31.6 Å². The van der Waals surface area contributed by atoms with Crippen molar-refractivity contribution in [3.8, 4) is 0 Å². The van der Waals surface area contributed by atoms with Crippen molar-refractivity contribution in [1.29, 1.82) is 0 Å². The number of hydrogen-bond donors (Lipinski definition) is 0. The van der Waals surface area contributed by atoms with Crippen LogP contribution < -0.4 is 0 Å². The van der Waals surface area contributed by atoms with Crippen LogP contribution in [0.2, 0.25) is 0 Å². The summed E-state index contributed by atoms with van der Waals surface area (Å²) in [6.07, 6.45) is 78.7. The van der Waals surface area contributed by atoms with Crippen molar-refractivity contribution in [2.75, 3.05) is 13.2 Å². The fourth-order valence-corrected chi connectivity index (χ4v) is 6.67. The highest BCUT2D eigenvalue weighted by Gasteiger charge is 2.19. The van der Waals surface area contributed by atoms with Crippen LogP contribution >= 0.6 is 0 Å². The third-order valence-electron chi connectivity index (χ3n) is 10.6. The molecule has 0 amide bonds. The van der Waals surface area contributed by atoms with Gasteiger partial charge in [-0.3, -0.25) is 14.4 Å². The van der Waals surface area contributed by atoms with Crippen LogP contribution in [0.3, 0.4) is 0 Å². The van der Waals surface area contributed by atoms with Gasteiger partial charge in [-0.1, -0.05) is 231 Å². The molecule has 0 bridgehead atoms. The monoisotopic (exact) mass is 937 g/mol. The van der Waals surface area contributed by atoms with Crippen molar-refractivity contribution in [2.24, 2.45) is 0 Å². The largest absolute Gasteiger partial charge is 0.462 e. The second kappa shape index (κ2) is 54.9. The number of ether oxygens (including phenoxy) is 3. The topological polar surface area (TPSA) is 78.9 Å². The van der Waals surface area contributed by atoms with Gasteiger partial charge in [0.05, 0.1) is 6.42 Å². The second-order valence-corrected chi connectivity index (χ2v) is 17.0. The maximum atomic E-state index is 12.7. The molecular weight excluding hydrogens is 841 g/mol. The summed E-state index contributed by atoms with van der Waals surface area (Å²) in [5.41, 5.74) is 0. The Balaban J connectivity index is 4.39. The second-order valence-electron chi connectivity index (χ2n) is 17.0. The molecule has 0 aromatic heterocycles. The van der Waals surface area contributed by atoms with E-state index in [9.17, 15) is 14.4 Å². The van der Waals surface area contributed by atoms with E-state index in [0.29, 0.717) is 19.3 Å². The molecule has 0 aliphatic heterocycles. The van der Waals surface area contributed by atoms with E-state index in [0.717, 1.165) is 128 Å². The number of esters is 3. The SMILES string of the molecule is CC/C=C\C/C=C\C/C=C\C/C=C\C/C=C\C/C=C\C/C=C\CCCCCCCC(=O)OCC(COC(=O)CCCCCCCCCC)OC(=O)C/C=C\C/C=C\C/C=C\C/C=C\C/C=C\CC. The van der Waals surface area contributed by atoms with Crippen molar-refractivity contribution < 1.29 is 28.6 Å². The molecule has 0 fully saturated rings. The molecule has 0 radical (unpaired) electrons.